The van der Waals surface area contributed by atoms with Crippen LogP contribution in [0.1, 0.15) is 5.56 Å². The molecule has 2 rings (SSSR count). The number of benzene rings is 1. The number of nitrogens with zero attached hydrogens (tertiary/aromatic N) is 2. The molecule has 0 spiro atoms. The summed E-state index contributed by atoms with van der Waals surface area (Å²) in [5.74, 6) is 0. The average Bonchev–Trinajstić information content (AvgIpc) is 2.56. The number of rotatable bonds is 2. The zero-order valence-electron chi connectivity index (χ0n) is 7.27. The van der Waals surface area contributed by atoms with E-state index in [4.69, 9.17) is 0 Å². The molecule has 0 radical (unpaired) electrons. The maximum atomic E-state index is 11.2. The Bertz CT molecular complexity index is 489. The molecule has 0 aliphatic heterocycles. The average molecular weight is 254 g/mol. The van der Waals surface area contributed by atoms with Gasteiger partial charge < -0.3 is 0 Å². The van der Waals surface area contributed by atoms with E-state index < -0.39 is 0 Å². The van der Waals surface area contributed by atoms with Gasteiger partial charge in [0.05, 0.1) is 6.54 Å². The van der Waals surface area contributed by atoms with Crippen molar-refractivity contribution in [3.05, 3.63) is 51.1 Å². The van der Waals surface area contributed by atoms with Crippen molar-refractivity contribution >= 4 is 15.9 Å². The summed E-state index contributed by atoms with van der Waals surface area (Å²) in [7, 11) is 0. The van der Waals surface area contributed by atoms with Crippen molar-refractivity contribution in [2.24, 2.45) is 0 Å². The topological polar surface area (TPSA) is 50.7 Å². The van der Waals surface area contributed by atoms with Gasteiger partial charge in [0.15, 0.2) is 0 Å². The lowest BCUT2D eigenvalue weighted by molar-refractivity contribution is 0.657. The van der Waals surface area contributed by atoms with Gasteiger partial charge >= 0.3 is 5.69 Å². The molecule has 14 heavy (non-hydrogen) atoms. The molecular formula is C9H8BrN3O. The quantitative estimate of drug-likeness (QED) is 0.880. The van der Waals surface area contributed by atoms with Crippen molar-refractivity contribution in [2.75, 3.05) is 0 Å². The predicted octanol–water partition coefficient (Wildman–Crippen LogP) is 1.38. The molecule has 0 amide bonds. The number of hydrogen-bond acceptors (Lipinski definition) is 2. The maximum Gasteiger partial charge on any atom is 0.343 e. The second-order valence-corrected chi connectivity index (χ2v) is 3.70. The Morgan fingerprint density at radius 1 is 1.43 bits per heavy atom. The Labute approximate surface area is 88.7 Å². The molecule has 0 unspecified atom stereocenters. The standard InChI is InChI=1S/C9H8BrN3O/c10-8-4-2-1-3-7(8)5-13-9(14)11-6-12-13/h1-4,6H,5H2,(H,11,12,14). The van der Waals surface area contributed by atoms with Crippen molar-refractivity contribution in [1.82, 2.24) is 14.8 Å². The highest BCUT2D eigenvalue weighted by atomic mass is 79.9. The first kappa shape index (κ1) is 9.21. The van der Waals surface area contributed by atoms with Gasteiger partial charge in [-0.05, 0) is 11.6 Å². The Kier molecular flexibility index (Phi) is 2.49. The third-order valence-corrected chi connectivity index (χ3v) is 2.67. The molecule has 0 aliphatic carbocycles. The summed E-state index contributed by atoms with van der Waals surface area (Å²) in [6.45, 7) is 0.476. The molecule has 4 nitrogen and oxygen atoms in total. The van der Waals surface area contributed by atoms with Gasteiger partial charge in [-0.1, -0.05) is 34.1 Å². The fourth-order valence-electron chi connectivity index (χ4n) is 1.18. The van der Waals surface area contributed by atoms with E-state index in [-0.39, 0.29) is 5.69 Å². The van der Waals surface area contributed by atoms with Crippen molar-refractivity contribution in [1.29, 1.82) is 0 Å². The van der Waals surface area contributed by atoms with Crippen LogP contribution in [0.5, 0.6) is 0 Å². The summed E-state index contributed by atoms with van der Waals surface area (Å²) >= 11 is 3.41. The van der Waals surface area contributed by atoms with Crippen molar-refractivity contribution in [2.45, 2.75) is 6.54 Å². The van der Waals surface area contributed by atoms with E-state index in [2.05, 4.69) is 26.0 Å². The molecule has 0 bridgehead atoms. The first-order valence-corrected chi connectivity index (χ1v) is 4.90. The Morgan fingerprint density at radius 3 is 2.86 bits per heavy atom. The number of aromatic nitrogens is 3. The highest BCUT2D eigenvalue weighted by Gasteiger charge is 2.02. The molecule has 2 aromatic rings. The monoisotopic (exact) mass is 253 g/mol. The third kappa shape index (κ3) is 1.77. The van der Waals surface area contributed by atoms with Crippen LogP contribution in [-0.2, 0) is 6.54 Å². The second kappa shape index (κ2) is 3.79. The summed E-state index contributed by atoms with van der Waals surface area (Å²) in [5, 5.41) is 3.88. The van der Waals surface area contributed by atoms with Gasteiger partial charge in [0, 0.05) is 4.47 Å². The van der Waals surface area contributed by atoms with Crippen LogP contribution in [0.4, 0.5) is 0 Å². The van der Waals surface area contributed by atoms with Crippen molar-refractivity contribution in [3.63, 3.8) is 0 Å². The maximum absolute atomic E-state index is 11.2. The minimum Gasteiger partial charge on any atom is -0.295 e. The summed E-state index contributed by atoms with van der Waals surface area (Å²) < 4.78 is 2.36. The van der Waals surface area contributed by atoms with Gasteiger partial charge in [-0.3, -0.25) is 4.98 Å². The molecular weight excluding hydrogens is 246 g/mol. The van der Waals surface area contributed by atoms with E-state index in [0.717, 1.165) is 10.0 Å². The SMILES string of the molecule is O=c1[nH]cnn1Cc1ccccc1Br. The lowest BCUT2D eigenvalue weighted by Gasteiger charge is -2.02. The fraction of sp³-hybridized carbons (Fsp3) is 0.111. The Hall–Kier alpha value is -1.36. The minimum atomic E-state index is -0.194. The largest absolute Gasteiger partial charge is 0.343 e. The fourth-order valence-corrected chi connectivity index (χ4v) is 1.59. The van der Waals surface area contributed by atoms with Crippen LogP contribution < -0.4 is 5.69 Å². The van der Waals surface area contributed by atoms with Crippen molar-refractivity contribution < 1.29 is 0 Å². The molecule has 0 atom stereocenters. The van der Waals surface area contributed by atoms with Gasteiger partial charge in [-0.15, -0.1) is 0 Å². The van der Waals surface area contributed by atoms with E-state index in [1.54, 1.807) is 0 Å². The lowest BCUT2D eigenvalue weighted by Crippen LogP contribution is -2.18. The molecule has 0 aliphatic rings. The third-order valence-electron chi connectivity index (χ3n) is 1.90. The van der Waals surface area contributed by atoms with E-state index in [0.29, 0.717) is 6.54 Å². The number of H-pyrrole nitrogens is 1. The number of nitrogens with one attached hydrogen (secondary N) is 1. The molecule has 1 heterocycles. The Balaban J connectivity index is 2.32. The van der Waals surface area contributed by atoms with Gasteiger partial charge in [-0.25, -0.2) is 9.48 Å². The molecule has 0 fully saturated rings. The highest BCUT2D eigenvalue weighted by Crippen LogP contribution is 2.15. The van der Waals surface area contributed by atoms with Crippen LogP contribution in [-0.4, -0.2) is 14.8 Å². The van der Waals surface area contributed by atoms with Gasteiger partial charge in [0.1, 0.15) is 6.33 Å². The van der Waals surface area contributed by atoms with Gasteiger partial charge in [-0.2, -0.15) is 5.10 Å². The second-order valence-electron chi connectivity index (χ2n) is 2.84. The van der Waals surface area contributed by atoms with Crippen LogP contribution in [0.25, 0.3) is 0 Å². The summed E-state index contributed by atoms with van der Waals surface area (Å²) in [5.41, 5.74) is 0.836. The normalized spacial score (nSPS) is 10.4. The smallest absolute Gasteiger partial charge is 0.295 e. The molecule has 5 heteroatoms. The molecule has 0 saturated heterocycles. The van der Waals surface area contributed by atoms with E-state index in [9.17, 15) is 4.79 Å². The summed E-state index contributed by atoms with van der Waals surface area (Å²) in [6, 6.07) is 7.75. The van der Waals surface area contributed by atoms with Crippen LogP contribution in [0.3, 0.4) is 0 Å². The van der Waals surface area contributed by atoms with Crippen LogP contribution in [0, 0.1) is 0 Å². The minimum absolute atomic E-state index is 0.194. The molecule has 72 valence electrons. The van der Waals surface area contributed by atoms with Crippen molar-refractivity contribution in [3.8, 4) is 0 Å². The number of halogens is 1. The lowest BCUT2D eigenvalue weighted by atomic mass is 10.2. The molecule has 1 aromatic heterocycles. The van der Waals surface area contributed by atoms with Gasteiger partial charge in [0.2, 0.25) is 0 Å². The first-order valence-electron chi connectivity index (χ1n) is 4.11. The first-order chi connectivity index (χ1) is 6.77. The summed E-state index contributed by atoms with van der Waals surface area (Å²) in [4.78, 5) is 13.7. The highest BCUT2D eigenvalue weighted by molar-refractivity contribution is 9.10. The molecule has 1 N–H and O–H groups in total. The van der Waals surface area contributed by atoms with E-state index >= 15 is 0 Å². The van der Waals surface area contributed by atoms with Crippen LogP contribution >= 0.6 is 15.9 Å². The zero-order chi connectivity index (χ0) is 9.97. The predicted molar refractivity (Wildman–Crippen MR) is 56.1 cm³/mol. The number of aromatic amines is 1. The van der Waals surface area contributed by atoms with E-state index in [1.807, 2.05) is 24.3 Å². The van der Waals surface area contributed by atoms with Gasteiger partial charge in [0.25, 0.3) is 0 Å². The Morgan fingerprint density at radius 2 is 2.21 bits per heavy atom. The zero-order valence-corrected chi connectivity index (χ0v) is 8.86. The number of hydrogen-bond donors (Lipinski definition) is 1. The van der Waals surface area contributed by atoms with Crippen LogP contribution in [0.2, 0.25) is 0 Å². The molecule has 1 aromatic carbocycles. The van der Waals surface area contributed by atoms with E-state index in [1.165, 1.54) is 11.0 Å². The van der Waals surface area contributed by atoms with Crippen LogP contribution in [0.15, 0.2) is 39.9 Å². The molecule has 0 saturated carbocycles. The summed E-state index contributed by atoms with van der Waals surface area (Å²) in [6.07, 6.45) is 1.39.